The Morgan fingerprint density at radius 1 is 1.00 bits per heavy atom. The third kappa shape index (κ3) is 2.59. The van der Waals surface area contributed by atoms with Crippen LogP contribution in [0.4, 0.5) is 8.78 Å². The molecule has 116 valence electrons. The second-order valence-corrected chi connectivity index (χ2v) is 6.86. The lowest BCUT2D eigenvalue weighted by Crippen LogP contribution is -2.17. The van der Waals surface area contributed by atoms with Crippen molar-refractivity contribution in [2.24, 2.45) is 0 Å². The first-order valence-electron chi connectivity index (χ1n) is 7.45. The third-order valence-corrected chi connectivity index (χ3v) is 5.24. The van der Waals surface area contributed by atoms with Gasteiger partial charge in [-0.1, -0.05) is 30.3 Å². The zero-order chi connectivity index (χ0) is 16.0. The van der Waals surface area contributed by atoms with E-state index in [1.807, 2.05) is 46.9 Å². The highest BCUT2D eigenvalue weighted by Crippen LogP contribution is 2.40. The summed E-state index contributed by atoms with van der Waals surface area (Å²) < 4.78 is 33.7. The number of hydrogen-bond acceptors (Lipinski definition) is 1. The largest absolute Gasteiger partial charge is 0.485 e. The van der Waals surface area contributed by atoms with E-state index < -0.39 is 11.6 Å². The molecular weight excluding hydrogens is 409 g/mol. The summed E-state index contributed by atoms with van der Waals surface area (Å²) in [5, 5.41) is 2.39. The van der Waals surface area contributed by atoms with E-state index >= 15 is 0 Å². The number of benzene rings is 3. The molecule has 0 unspecified atom stereocenters. The molecule has 1 heterocycles. The molecule has 1 aliphatic rings. The fraction of sp³-hybridized carbons (Fsp3) is 0.158. The summed E-state index contributed by atoms with van der Waals surface area (Å²) in [6.07, 6.45) is 1.36. The van der Waals surface area contributed by atoms with Crippen LogP contribution in [0.25, 0.3) is 10.8 Å². The van der Waals surface area contributed by atoms with Crippen molar-refractivity contribution in [2.75, 3.05) is 0 Å². The van der Waals surface area contributed by atoms with Gasteiger partial charge in [0, 0.05) is 14.7 Å². The Hall–Kier alpha value is -1.69. The van der Waals surface area contributed by atoms with E-state index in [9.17, 15) is 8.78 Å². The van der Waals surface area contributed by atoms with Crippen LogP contribution in [-0.4, -0.2) is 0 Å². The second-order valence-electron chi connectivity index (χ2n) is 5.70. The Morgan fingerprint density at radius 3 is 2.65 bits per heavy atom. The molecule has 1 nitrogen and oxygen atoms in total. The Labute approximate surface area is 146 Å². The summed E-state index contributed by atoms with van der Waals surface area (Å²) >= 11 is 2.03. The molecule has 3 aromatic rings. The van der Waals surface area contributed by atoms with Crippen LogP contribution in [0.3, 0.4) is 0 Å². The molecule has 0 bridgehead atoms. The van der Waals surface area contributed by atoms with Gasteiger partial charge in [-0.25, -0.2) is 8.78 Å². The molecule has 0 spiro atoms. The van der Waals surface area contributed by atoms with Crippen molar-refractivity contribution in [3.05, 3.63) is 74.9 Å². The summed E-state index contributed by atoms with van der Waals surface area (Å²) in [5.74, 6) is -0.811. The van der Waals surface area contributed by atoms with Gasteiger partial charge in [-0.05, 0) is 64.4 Å². The molecule has 0 N–H and O–H groups in total. The Kier molecular flexibility index (Phi) is 3.71. The van der Waals surface area contributed by atoms with Crippen molar-refractivity contribution >= 4 is 33.4 Å². The van der Waals surface area contributed by atoms with Gasteiger partial charge in [0.15, 0.2) is 11.6 Å². The zero-order valence-electron chi connectivity index (χ0n) is 12.2. The molecule has 4 heteroatoms. The van der Waals surface area contributed by atoms with Gasteiger partial charge in [0.05, 0.1) is 0 Å². The van der Waals surface area contributed by atoms with E-state index in [2.05, 4.69) is 12.1 Å². The summed E-state index contributed by atoms with van der Waals surface area (Å²) in [6.45, 7) is 0. The van der Waals surface area contributed by atoms with Crippen molar-refractivity contribution in [3.8, 4) is 5.75 Å². The molecule has 0 saturated heterocycles. The lowest BCUT2D eigenvalue weighted by molar-refractivity contribution is 0.176. The normalized spacial score (nSPS) is 16.9. The Morgan fingerprint density at radius 2 is 1.78 bits per heavy atom. The molecule has 0 aromatic heterocycles. The van der Waals surface area contributed by atoms with Crippen molar-refractivity contribution < 1.29 is 13.5 Å². The lowest BCUT2D eigenvalue weighted by atomic mass is 9.93. The predicted octanol–water partition coefficient (Wildman–Crippen LogP) is 5.79. The molecule has 0 saturated carbocycles. The molecule has 0 fully saturated rings. The predicted molar refractivity (Wildman–Crippen MR) is 94.7 cm³/mol. The van der Waals surface area contributed by atoms with Gasteiger partial charge < -0.3 is 4.74 Å². The molecule has 0 radical (unpaired) electrons. The first-order valence-corrected chi connectivity index (χ1v) is 8.53. The molecule has 0 amide bonds. The van der Waals surface area contributed by atoms with Gasteiger partial charge in [-0.15, -0.1) is 0 Å². The van der Waals surface area contributed by atoms with Gasteiger partial charge in [-0.2, -0.15) is 0 Å². The minimum atomic E-state index is -0.826. The first-order chi connectivity index (χ1) is 11.1. The summed E-state index contributed by atoms with van der Waals surface area (Å²) in [5.41, 5.74) is 1.90. The fourth-order valence-electron chi connectivity index (χ4n) is 3.18. The molecular formula is C19H13F2IO. The SMILES string of the molecule is Fc1cc(I)c([C@@H]2CCc3c(ccc4ccccc34)O2)cc1F. The maximum absolute atomic E-state index is 13.6. The number of aryl methyl sites for hydroxylation is 1. The highest BCUT2D eigenvalue weighted by atomic mass is 127. The Balaban J connectivity index is 1.75. The number of ether oxygens (including phenoxy) is 1. The van der Waals surface area contributed by atoms with Gasteiger partial charge in [0.2, 0.25) is 0 Å². The monoisotopic (exact) mass is 422 g/mol. The minimum Gasteiger partial charge on any atom is -0.485 e. The quantitative estimate of drug-likeness (QED) is 0.357. The summed E-state index contributed by atoms with van der Waals surface area (Å²) in [6, 6.07) is 14.7. The van der Waals surface area contributed by atoms with E-state index in [0.29, 0.717) is 9.13 Å². The van der Waals surface area contributed by atoms with Crippen LogP contribution in [-0.2, 0) is 6.42 Å². The van der Waals surface area contributed by atoms with Crippen LogP contribution in [0.2, 0.25) is 0 Å². The van der Waals surface area contributed by atoms with Crippen molar-refractivity contribution in [1.82, 2.24) is 0 Å². The van der Waals surface area contributed by atoms with E-state index in [1.165, 1.54) is 28.5 Å². The molecule has 1 aliphatic heterocycles. The van der Waals surface area contributed by atoms with E-state index in [1.54, 1.807) is 0 Å². The number of fused-ring (bicyclic) bond motifs is 3. The van der Waals surface area contributed by atoms with Crippen LogP contribution in [0.5, 0.6) is 5.75 Å². The standard InChI is InChI=1S/C19H13F2IO/c20-15-9-14(17(22)10-16(15)21)19-8-6-13-12-4-2-1-3-11(12)5-7-18(13)23-19/h1-5,7,9-10,19H,6,8H2/t19-/m0/s1. The first kappa shape index (κ1) is 14.9. The lowest BCUT2D eigenvalue weighted by Gasteiger charge is -2.28. The third-order valence-electron chi connectivity index (χ3n) is 4.31. The van der Waals surface area contributed by atoms with Crippen LogP contribution in [0, 0.1) is 15.2 Å². The van der Waals surface area contributed by atoms with Crippen molar-refractivity contribution in [3.63, 3.8) is 0 Å². The van der Waals surface area contributed by atoms with E-state index in [-0.39, 0.29) is 6.10 Å². The summed E-state index contributed by atoms with van der Waals surface area (Å²) in [4.78, 5) is 0. The highest BCUT2D eigenvalue weighted by molar-refractivity contribution is 14.1. The molecule has 23 heavy (non-hydrogen) atoms. The number of hydrogen-bond donors (Lipinski definition) is 0. The zero-order valence-corrected chi connectivity index (χ0v) is 14.3. The maximum atomic E-state index is 13.6. The molecule has 4 rings (SSSR count). The minimum absolute atomic E-state index is 0.245. The van der Waals surface area contributed by atoms with Crippen LogP contribution < -0.4 is 4.74 Å². The molecule has 1 atom stereocenters. The number of halogens is 3. The van der Waals surface area contributed by atoms with Gasteiger partial charge in [0.1, 0.15) is 11.9 Å². The van der Waals surface area contributed by atoms with Crippen molar-refractivity contribution in [1.29, 1.82) is 0 Å². The fourth-order valence-corrected chi connectivity index (χ4v) is 3.95. The molecule has 0 aliphatic carbocycles. The molecule has 3 aromatic carbocycles. The average Bonchev–Trinajstić information content (AvgIpc) is 2.57. The maximum Gasteiger partial charge on any atom is 0.159 e. The van der Waals surface area contributed by atoms with Crippen LogP contribution >= 0.6 is 22.6 Å². The van der Waals surface area contributed by atoms with E-state index in [0.717, 1.165) is 18.6 Å². The van der Waals surface area contributed by atoms with Gasteiger partial charge in [-0.3, -0.25) is 0 Å². The summed E-state index contributed by atoms with van der Waals surface area (Å²) in [7, 11) is 0. The van der Waals surface area contributed by atoms with Crippen LogP contribution in [0.15, 0.2) is 48.5 Å². The smallest absolute Gasteiger partial charge is 0.159 e. The Bertz CT molecular complexity index is 907. The highest BCUT2D eigenvalue weighted by Gasteiger charge is 2.25. The topological polar surface area (TPSA) is 9.23 Å². The van der Waals surface area contributed by atoms with Gasteiger partial charge >= 0.3 is 0 Å². The second kappa shape index (κ2) is 5.74. The van der Waals surface area contributed by atoms with Gasteiger partial charge in [0.25, 0.3) is 0 Å². The van der Waals surface area contributed by atoms with Crippen LogP contribution in [0.1, 0.15) is 23.7 Å². The average molecular weight is 422 g/mol. The number of rotatable bonds is 1. The van der Waals surface area contributed by atoms with Crippen molar-refractivity contribution in [2.45, 2.75) is 18.9 Å². The van der Waals surface area contributed by atoms with E-state index in [4.69, 9.17) is 4.74 Å².